The summed E-state index contributed by atoms with van der Waals surface area (Å²) in [5.41, 5.74) is 0.466. The molecule has 0 amide bonds. The number of aliphatic hydroxyl groups is 1. The van der Waals surface area contributed by atoms with Gasteiger partial charge in [0, 0.05) is 16.1 Å². The average Bonchev–Trinajstić information content (AvgIpc) is 2.21. The Hall–Kier alpha value is -0.330. The van der Waals surface area contributed by atoms with E-state index in [-0.39, 0.29) is 12.4 Å². The minimum atomic E-state index is -3.52. The summed E-state index contributed by atoms with van der Waals surface area (Å²) < 4.78 is 25.7. The first-order valence-corrected chi connectivity index (χ1v) is 7.29. The van der Waals surface area contributed by atoms with E-state index >= 15 is 0 Å². The summed E-state index contributed by atoms with van der Waals surface area (Å²) in [6.45, 7) is 1.31. The lowest BCUT2D eigenvalue weighted by Gasteiger charge is -2.12. The van der Waals surface area contributed by atoms with Gasteiger partial charge in [0.05, 0.1) is 12.4 Å². The first-order valence-electron chi connectivity index (χ1n) is 4.89. The summed E-state index contributed by atoms with van der Waals surface area (Å²) in [5.74, 6) is -0.243. The maximum atomic E-state index is 11.7. The van der Waals surface area contributed by atoms with Crippen LogP contribution in [0.2, 0.25) is 10.0 Å². The maximum Gasteiger partial charge on any atom is 0.216 e. The first kappa shape index (κ1) is 14.7. The van der Waals surface area contributed by atoms with Crippen LogP contribution in [0.25, 0.3) is 0 Å². The van der Waals surface area contributed by atoms with Gasteiger partial charge in [0.1, 0.15) is 0 Å². The molecule has 1 atom stereocenters. The second kappa shape index (κ2) is 6.02. The fourth-order valence-electron chi connectivity index (χ4n) is 1.23. The Balaban J connectivity index is 2.83. The number of hydrogen-bond donors (Lipinski definition) is 2. The zero-order valence-electron chi connectivity index (χ0n) is 9.15. The van der Waals surface area contributed by atoms with E-state index < -0.39 is 16.1 Å². The predicted molar refractivity (Wildman–Crippen MR) is 68.8 cm³/mol. The fraction of sp³-hybridized carbons (Fsp3) is 0.400. The van der Waals surface area contributed by atoms with Gasteiger partial charge in [0.2, 0.25) is 10.0 Å². The summed E-state index contributed by atoms with van der Waals surface area (Å²) >= 11 is 11.6. The van der Waals surface area contributed by atoms with Crippen LogP contribution >= 0.6 is 23.2 Å². The highest BCUT2D eigenvalue weighted by Gasteiger charge is 2.16. The Morgan fingerprint density at radius 2 is 2.06 bits per heavy atom. The molecule has 0 aromatic heterocycles. The number of benzene rings is 1. The molecule has 0 fully saturated rings. The fourth-order valence-corrected chi connectivity index (χ4v) is 3.22. The molecule has 96 valence electrons. The van der Waals surface area contributed by atoms with E-state index in [0.29, 0.717) is 15.6 Å². The second-order valence-electron chi connectivity index (χ2n) is 3.70. The third-order valence-electron chi connectivity index (χ3n) is 2.02. The summed E-state index contributed by atoms with van der Waals surface area (Å²) in [5, 5.41) is 9.54. The lowest BCUT2D eigenvalue weighted by atomic mass is 10.2. The predicted octanol–water partition coefficient (Wildman–Crippen LogP) is 1.79. The summed E-state index contributed by atoms with van der Waals surface area (Å²) in [7, 11) is -3.52. The molecule has 0 bridgehead atoms. The van der Waals surface area contributed by atoms with Gasteiger partial charge in [-0.1, -0.05) is 29.3 Å². The number of sulfonamides is 1. The van der Waals surface area contributed by atoms with Crippen molar-refractivity contribution >= 4 is 33.2 Å². The van der Waals surface area contributed by atoms with Gasteiger partial charge in [-0.2, -0.15) is 0 Å². The molecule has 1 aromatic rings. The number of nitrogens with one attached hydrogen (secondary N) is 1. The Morgan fingerprint density at radius 1 is 1.41 bits per heavy atom. The van der Waals surface area contributed by atoms with Crippen LogP contribution in [0.3, 0.4) is 0 Å². The molecule has 1 unspecified atom stereocenters. The molecule has 4 nitrogen and oxygen atoms in total. The van der Waals surface area contributed by atoms with Crippen LogP contribution in [-0.4, -0.2) is 26.2 Å². The molecule has 1 aromatic carbocycles. The number of halogens is 2. The van der Waals surface area contributed by atoms with Crippen molar-refractivity contribution in [2.75, 3.05) is 6.61 Å². The van der Waals surface area contributed by atoms with E-state index in [2.05, 4.69) is 4.72 Å². The highest BCUT2D eigenvalue weighted by molar-refractivity contribution is 7.88. The van der Waals surface area contributed by atoms with Crippen molar-refractivity contribution in [2.45, 2.75) is 18.7 Å². The highest BCUT2D eigenvalue weighted by Crippen LogP contribution is 2.22. The van der Waals surface area contributed by atoms with Crippen LogP contribution in [-0.2, 0) is 15.8 Å². The molecule has 0 spiro atoms. The van der Waals surface area contributed by atoms with E-state index in [1.54, 1.807) is 19.1 Å². The number of rotatable bonds is 5. The van der Waals surface area contributed by atoms with Crippen molar-refractivity contribution in [3.05, 3.63) is 33.8 Å². The van der Waals surface area contributed by atoms with Crippen LogP contribution in [0.5, 0.6) is 0 Å². The van der Waals surface area contributed by atoms with E-state index in [1.807, 2.05) is 0 Å². The molecule has 2 N–H and O–H groups in total. The Labute approximate surface area is 111 Å². The number of hydrogen-bond acceptors (Lipinski definition) is 3. The molecule has 0 radical (unpaired) electrons. The Kier molecular flexibility index (Phi) is 5.22. The molecule has 0 heterocycles. The van der Waals surface area contributed by atoms with E-state index in [9.17, 15) is 8.42 Å². The minimum Gasteiger partial charge on any atom is -0.395 e. The van der Waals surface area contributed by atoms with Crippen LogP contribution in [0.15, 0.2) is 18.2 Å². The molecule has 1 rings (SSSR count). The van der Waals surface area contributed by atoms with Crippen LogP contribution in [0, 0.1) is 0 Å². The van der Waals surface area contributed by atoms with E-state index in [0.717, 1.165) is 0 Å². The van der Waals surface area contributed by atoms with Crippen LogP contribution in [0.1, 0.15) is 12.5 Å². The summed E-state index contributed by atoms with van der Waals surface area (Å²) in [4.78, 5) is 0. The van der Waals surface area contributed by atoms with Crippen LogP contribution in [0.4, 0.5) is 0 Å². The van der Waals surface area contributed by atoms with Crippen molar-refractivity contribution in [3.8, 4) is 0 Å². The van der Waals surface area contributed by atoms with Crippen molar-refractivity contribution in [2.24, 2.45) is 0 Å². The molecule has 7 heteroatoms. The standard InChI is InChI=1S/C10H13Cl2NO3S/c1-7(5-14)13-17(15,16)6-8-2-3-9(11)4-10(8)12/h2-4,7,13-14H,5-6H2,1H3. The van der Waals surface area contributed by atoms with Gasteiger partial charge in [-0.25, -0.2) is 13.1 Å². The largest absolute Gasteiger partial charge is 0.395 e. The van der Waals surface area contributed by atoms with Gasteiger partial charge in [0.25, 0.3) is 0 Å². The highest BCUT2D eigenvalue weighted by atomic mass is 35.5. The van der Waals surface area contributed by atoms with Gasteiger partial charge in [-0.3, -0.25) is 0 Å². The summed E-state index contributed by atoms with van der Waals surface area (Å²) in [6.07, 6.45) is 0. The zero-order valence-corrected chi connectivity index (χ0v) is 11.5. The van der Waals surface area contributed by atoms with Gasteiger partial charge in [0.15, 0.2) is 0 Å². The Morgan fingerprint density at radius 3 is 2.59 bits per heavy atom. The van der Waals surface area contributed by atoms with Gasteiger partial charge in [-0.05, 0) is 24.6 Å². The number of aliphatic hydroxyl groups excluding tert-OH is 1. The van der Waals surface area contributed by atoms with Crippen molar-refractivity contribution in [1.82, 2.24) is 4.72 Å². The third kappa shape index (κ3) is 4.81. The van der Waals surface area contributed by atoms with E-state index in [1.165, 1.54) is 6.07 Å². The lowest BCUT2D eigenvalue weighted by Crippen LogP contribution is -2.35. The maximum absolute atomic E-state index is 11.7. The molecule has 0 aliphatic carbocycles. The summed E-state index contributed by atoms with van der Waals surface area (Å²) in [6, 6.07) is 4.11. The Bertz CT molecular complexity index is 490. The minimum absolute atomic E-state index is 0.243. The molecule has 0 saturated heterocycles. The molecule has 0 saturated carbocycles. The smallest absolute Gasteiger partial charge is 0.216 e. The molecular weight excluding hydrogens is 285 g/mol. The van der Waals surface area contributed by atoms with E-state index in [4.69, 9.17) is 28.3 Å². The second-order valence-corrected chi connectivity index (χ2v) is 6.29. The third-order valence-corrected chi connectivity index (χ3v) is 4.05. The van der Waals surface area contributed by atoms with Gasteiger partial charge in [-0.15, -0.1) is 0 Å². The van der Waals surface area contributed by atoms with Crippen molar-refractivity contribution < 1.29 is 13.5 Å². The van der Waals surface area contributed by atoms with Crippen molar-refractivity contribution in [1.29, 1.82) is 0 Å². The lowest BCUT2D eigenvalue weighted by molar-refractivity contribution is 0.265. The molecule has 0 aliphatic rings. The molecule has 0 aliphatic heterocycles. The zero-order chi connectivity index (χ0) is 13.1. The first-order chi connectivity index (χ1) is 7.84. The van der Waals surface area contributed by atoms with Crippen LogP contribution < -0.4 is 4.72 Å². The van der Waals surface area contributed by atoms with Crippen molar-refractivity contribution in [3.63, 3.8) is 0 Å². The average molecular weight is 298 g/mol. The SMILES string of the molecule is CC(CO)NS(=O)(=O)Cc1ccc(Cl)cc1Cl. The quantitative estimate of drug-likeness (QED) is 0.871. The van der Waals surface area contributed by atoms with Gasteiger partial charge >= 0.3 is 0 Å². The normalized spacial score (nSPS) is 13.6. The monoisotopic (exact) mass is 297 g/mol. The van der Waals surface area contributed by atoms with Gasteiger partial charge < -0.3 is 5.11 Å². The molecule has 17 heavy (non-hydrogen) atoms. The molecular formula is C10H13Cl2NO3S. The topological polar surface area (TPSA) is 66.4 Å².